The van der Waals surface area contributed by atoms with E-state index in [9.17, 15) is 9.59 Å². The van der Waals surface area contributed by atoms with Gasteiger partial charge in [0.15, 0.2) is 5.78 Å². The number of carbonyl (C=O) groups excluding carboxylic acids is 2. The van der Waals surface area contributed by atoms with Crippen molar-refractivity contribution < 1.29 is 14.9 Å². The van der Waals surface area contributed by atoms with E-state index < -0.39 is 0 Å². The Hall–Kier alpha value is -1.72. The summed E-state index contributed by atoms with van der Waals surface area (Å²) in [5, 5.41) is 2.11. The molecule has 0 aliphatic heterocycles. The van der Waals surface area contributed by atoms with Crippen LogP contribution in [0.2, 0.25) is 0 Å². The van der Waals surface area contributed by atoms with Crippen molar-refractivity contribution in [1.82, 2.24) is 4.98 Å². The molecule has 0 amide bonds. The van der Waals surface area contributed by atoms with Crippen LogP contribution in [0.4, 0.5) is 0 Å². The van der Waals surface area contributed by atoms with E-state index in [2.05, 4.69) is 45.3 Å². The maximum absolute atomic E-state index is 12.9. The summed E-state index contributed by atoms with van der Waals surface area (Å²) in [4.78, 5) is 27.8. The topological polar surface area (TPSA) is 66.5 Å². The zero-order valence-electron chi connectivity index (χ0n) is 15.4. The van der Waals surface area contributed by atoms with Gasteiger partial charge in [0.2, 0.25) is 5.78 Å². The lowest BCUT2D eigenvalue weighted by atomic mass is 10.00. The molecule has 0 saturated heterocycles. The Morgan fingerprint density at radius 1 is 1.20 bits per heavy atom. The van der Waals surface area contributed by atoms with Gasteiger partial charge >= 0.3 is 0 Å². The van der Waals surface area contributed by atoms with Gasteiger partial charge in [-0.2, -0.15) is 0 Å². The molecule has 0 fully saturated rings. The minimum absolute atomic E-state index is 0.0109. The van der Waals surface area contributed by atoms with Crippen LogP contribution < -0.4 is 5.32 Å². The van der Waals surface area contributed by atoms with Crippen molar-refractivity contribution in [2.24, 2.45) is 0 Å². The van der Waals surface area contributed by atoms with Gasteiger partial charge in [-0.1, -0.05) is 35.0 Å². The first kappa shape index (κ1) is 19.6. The Morgan fingerprint density at radius 2 is 1.80 bits per heavy atom. The molecule has 0 aliphatic rings. The molecule has 1 aromatic heterocycles. The van der Waals surface area contributed by atoms with Gasteiger partial charge in [-0.15, -0.1) is 0 Å². The van der Waals surface area contributed by atoms with Crippen LogP contribution in [0.15, 0.2) is 28.7 Å². The van der Waals surface area contributed by atoms with Gasteiger partial charge in [0.1, 0.15) is 12.1 Å². The summed E-state index contributed by atoms with van der Waals surface area (Å²) in [5.41, 5.74) is 3.91. The first-order valence-corrected chi connectivity index (χ1v) is 9.40. The molecule has 2 atom stereocenters. The van der Waals surface area contributed by atoms with Crippen molar-refractivity contribution in [1.29, 1.82) is 0 Å². The van der Waals surface area contributed by atoms with Gasteiger partial charge < -0.3 is 10.3 Å². The predicted octanol–water partition coefficient (Wildman–Crippen LogP) is 3.88. The molecule has 0 aliphatic carbocycles. The molecular formula is C20H26BrN2O2+. The first-order valence-electron chi connectivity index (χ1n) is 8.61. The molecule has 1 heterocycles. The van der Waals surface area contributed by atoms with E-state index in [4.69, 9.17) is 0 Å². The smallest absolute Gasteiger partial charge is 0.235 e. The molecular weight excluding hydrogens is 380 g/mol. The predicted molar refractivity (Wildman–Crippen MR) is 103 cm³/mol. The van der Waals surface area contributed by atoms with E-state index in [1.165, 1.54) is 12.5 Å². The average Bonchev–Trinajstić information content (AvgIpc) is 2.87. The zero-order valence-corrected chi connectivity index (χ0v) is 17.0. The minimum Gasteiger partial charge on any atom is -0.355 e. The molecule has 2 rings (SSSR count). The number of hydrogen-bond acceptors (Lipinski definition) is 2. The van der Waals surface area contributed by atoms with E-state index in [1.807, 2.05) is 32.9 Å². The van der Waals surface area contributed by atoms with Crippen molar-refractivity contribution in [2.45, 2.75) is 53.1 Å². The van der Waals surface area contributed by atoms with Gasteiger partial charge in [-0.25, -0.2) is 0 Å². The molecule has 0 unspecified atom stereocenters. The van der Waals surface area contributed by atoms with Crippen LogP contribution in [0.1, 0.15) is 70.9 Å². The Kier molecular flexibility index (Phi) is 6.36. The number of H-pyrrole nitrogens is 1. The normalized spacial score (nSPS) is 13.5. The summed E-state index contributed by atoms with van der Waals surface area (Å²) in [6.07, 6.45) is 0.931. The van der Waals surface area contributed by atoms with Gasteiger partial charge in [0, 0.05) is 27.7 Å². The average molecular weight is 406 g/mol. The molecule has 5 heteroatoms. The van der Waals surface area contributed by atoms with Gasteiger partial charge in [-0.3, -0.25) is 9.59 Å². The second-order valence-corrected chi connectivity index (χ2v) is 7.51. The Bertz CT molecular complexity index is 778. The molecule has 0 bridgehead atoms. The Balaban J connectivity index is 2.21. The van der Waals surface area contributed by atoms with E-state index in [-0.39, 0.29) is 23.7 Å². The lowest BCUT2D eigenvalue weighted by Gasteiger charge is -2.18. The lowest BCUT2D eigenvalue weighted by Crippen LogP contribution is -2.91. The van der Waals surface area contributed by atoms with E-state index >= 15 is 0 Å². The molecule has 4 nitrogen and oxygen atoms in total. The van der Waals surface area contributed by atoms with Crippen molar-refractivity contribution in [3.8, 4) is 0 Å². The number of quaternary nitrogens is 1. The molecule has 0 radical (unpaired) electrons. The second-order valence-electron chi connectivity index (χ2n) is 6.59. The summed E-state index contributed by atoms with van der Waals surface area (Å²) in [7, 11) is 0. The number of carbonyl (C=O) groups is 2. The van der Waals surface area contributed by atoms with Crippen molar-refractivity contribution in [3.63, 3.8) is 0 Å². The molecule has 2 aromatic rings. The number of rotatable bonds is 7. The first-order chi connectivity index (χ1) is 11.8. The maximum Gasteiger partial charge on any atom is 0.235 e. The number of aryl methyl sites for hydroxylation is 1. The number of Topliss-reactive ketones (excluding diaryl/α,β-unsaturated/α-hetero) is 2. The number of nitrogens with one attached hydrogen (secondary N) is 1. The minimum atomic E-state index is -0.231. The summed E-state index contributed by atoms with van der Waals surface area (Å²) >= 11 is 3.45. The number of aromatic amines is 1. The van der Waals surface area contributed by atoms with Crippen LogP contribution in [0.25, 0.3) is 0 Å². The highest BCUT2D eigenvalue weighted by Crippen LogP contribution is 2.20. The molecule has 25 heavy (non-hydrogen) atoms. The Morgan fingerprint density at radius 3 is 2.28 bits per heavy atom. The highest BCUT2D eigenvalue weighted by Gasteiger charge is 2.27. The number of benzene rings is 1. The SMILES string of the molecule is CC[C@H]([NH2+][C@@H](C)C(=O)c1[nH]c(C)c(C(C)=O)c1C)c1ccc(Br)cc1. The van der Waals surface area contributed by atoms with Crippen LogP contribution in [0.3, 0.4) is 0 Å². The second kappa shape index (κ2) is 8.11. The number of halogens is 1. The van der Waals surface area contributed by atoms with E-state index in [1.54, 1.807) is 0 Å². The standard InChI is InChI=1S/C20H25BrN2O2/c1-6-17(15-7-9-16(21)10-8-15)22-13(4)20(25)19-11(2)18(14(5)24)12(3)23-19/h7-10,13,17,22-23H,6H2,1-5H3/p+1/t13-,17-/m0/s1. The molecule has 0 spiro atoms. The van der Waals surface area contributed by atoms with Crippen LogP contribution in [-0.2, 0) is 0 Å². The number of ketones is 2. The molecule has 0 saturated carbocycles. The molecule has 3 N–H and O–H groups in total. The van der Waals surface area contributed by atoms with Crippen molar-refractivity contribution in [3.05, 3.63) is 56.8 Å². The third kappa shape index (κ3) is 4.28. The fraction of sp³-hybridized carbons (Fsp3) is 0.400. The fourth-order valence-corrected chi connectivity index (χ4v) is 3.65. The lowest BCUT2D eigenvalue weighted by molar-refractivity contribution is -0.712. The molecule has 134 valence electrons. The highest BCUT2D eigenvalue weighted by molar-refractivity contribution is 9.10. The summed E-state index contributed by atoms with van der Waals surface area (Å²) < 4.78 is 1.05. The van der Waals surface area contributed by atoms with Crippen LogP contribution in [0.5, 0.6) is 0 Å². The van der Waals surface area contributed by atoms with E-state index in [0.717, 1.165) is 22.2 Å². The third-order valence-corrected chi connectivity index (χ3v) is 5.24. The fourth-order valence-electron chi connectivity index (χ4n) is 3.38. The zero-order chi connectivity index (χ0) is 18.7. The highest BCUT2D eigenvalue weighted by atomic mass is 79.9. The van der Waals surface area contributed by atoms with Crippen molar-refractivity contribution >= 4 is 27.5 Å². The van der Waals surface area contributed by atoms with Gasteiger partial charge in [0.25, 0.3) is 0 Å². The van der Waals surface area contributed by atoms with Gasteiger partial charge in [0.05, 0.1) is 5.69 Å². The van der Waals surface area contributed by atoms with Crippen LogP contribution in [0, 0.1) is 13.8 Å². The number of nitrogens with two attached hydrogens (primary N) is 1. The quantitative estimate of drug-likeness (QED) is 0.686. The van der Waals surface area contributed by atoms with E-state index in [0.29, 0.717) is 11.3 Å². The monoisotopic (exact) mass is 405 g/mol. The third-order valence-electron chi connectivity index (χ3n) is 4.71. The largest absolute Gasteiger partial charge is 0.355 e. The van der Waals surface area contributed by atoms with Crippen LogP contribution >= 0.6 is 15.9 Å². The van der Waals surface area contributed by atoms with Gasteiger partial charge in [-0.05, 0) is 45.4 Å². The number of aromatic nitrogens is 1. The van der Waals surface area contributed by atoms with Crippen molar-refractivity contribution in [2.75, 3.05) is 0 Å². The van der Waals surface area contributed by atoms with Crippen LogP contribution in [-0.4, -0.2) is 22.6 Å². The summed E-state index contributed by atoms with van der Waals surface area (Å²) in [6.45, 7) is 9.26. The molecule has 1 aromatic carbocycles. The maximum atomic E-state index is 12.9. The summed E-state index contributed by atoms with van der Waals surface area (Å²) in [5.74, 6) is 0.0203. The Labute approximate surface area is 157 Å². The number of hydrogen-bond donors (Lipinski definition) is 2. The summed E-state index contributed by atoms with van der Waals surface area (Å²) in [6, 6.07) is 8.21.